The van der Waals surface area contributed by atoms with E-state index in [1.54, 1.807) is 6.07 Å². The Kier molecular flexibility index (Phi) is 3.06. The minimum absolute atomic E-state index is 0.244. The van der Waals surface area contributed by atoms with E-state index in [0.29, 0.717) is 11.4 Å². The lowest BCUT2D eigenvalue weighted by atomic mass is 10.2. The van der Waals surface area contributed by atoms with Gasteiger partial charge in [0.2, 0.25) is 0 Å². The van der Waals surface area contributed by atoms with Crippen LogP contribution in [0.25, 0.3) is 0 Å². The highest BCUT2D eigenvalue weighted by Crippen LogP contribution is 2.14. The number of nitriles is 1. The third-order valence-corrected chi connectivity index (χ3v) is 2.61. The van der Waals surface area contributed by atoms with E-state index in [1.807, 2.05) is 19.9 Å². The van der Waals surface area contributed by atoms with Crippen molar-refractivity contribution in [2.75, 3.05) is 5.32 Å². The fraction of sp³-hybridized carbons (Fsp3) is 0.167. The summed E-state index contributed by atoms with van der Waals surface area (Å²) >= 11 is 0. The van der Waals surface area contributed by atoms with Crippen molar-refractivity contribution in [3.8, 4) is 6.07 Å². The van der Waals surface area contributed by atoms with Crippen LogP contribution in [0.5, 0.6) is 0 Å². The molecule has 0 fully saturated rings. The van der Waals surface area contributed by atoms with E-state index in [9.17, 15) is 4.79 Å². The van der Waals surface area contributed by atoms with Crippen LogP contribution in [0.15, 0.2) is 18.3 Å². The Balaban J connectivity index is 2.17. The maximum absolute atomic E-state index is 11.9. The number of pyridine rings is 1. The molecule has 2 rings (SSSR count). The van der Waals surface area contributed by atoms with Crippen LogP contribution in [-0.2, 0) is 0 Å². The van der Waals surface area contributed by atoms with Crippen molar-refractivity contribution in [1.82, 2.24) is 15.2 Å². The summed E-state index contributed by atoms with van der Waals surface area (Å²) in [5.74, 6) is 0.137. The van der Waals surface area contributed by atoms with Gasteiger partial charge in [0, 0.05) is 17.5 Å². The Labute approximate surface area is 104 Å². The number of anilines is 1. The molecule has 0 saturated carbocycles. The van der Waals surface area contributed by atoms with Gasteiger partial charge < -0.3 is 5.32 Å². The average Bonchev–Trinajstić information content (AvgIpc) is 2.71. The second kappa shape index (κ2) is 4.67. The highest BCUT2D eigenvalue weighted by atomic mass is 16.1. The van der Waals surface area contributed by atoms with Crippen LogP contribution >= 0.6 is 0 Å². The predicted molar refractivity (Wildman–Crippen MR) is 65.0 cm³/mol. The molecular formula is C12H11N5O. The van der Waals surface area contributed by atoms with Crippen LogP contribution in [-0.4, -0.2) is 21.1 Å². The lowest BCUT2D eigenvalue weighted by Crippen LogP contribution is -2.14. The van der Waals surface area contributed by atoms with Crippen molar-refractivity contribution in [1.29, 1.82) is 5.26 Å². The summed E-state index contributed by atoms with van der Waals surface area (Å²) in [6, 6.07) is 4.99. The van der Waals surface area contributed by atoms with E-state index in [-0.39, 0.29) is 11.6 Å². The number of hydrogen-bond donors (Lipinski definition) is 2. The molecule has 6 nitrogen and oxygen atoms in total. The number of amides is 1. The van der Waals surface area contributed by atoms with Gasteiger partial charge in [-0.25, -0.2) is 4.98 Å². The molecule has 0 bridgehead atoms. The molecule has 0 spiro atoms. The van der Waals surface area contributed by atoms with E-state index < -0.39 is 0 Å². The molecule has 0 saturated heterocycles. The quantitative estimate of drug-likeness (QED) is 0.833. The molecule has 2 heterocycles. The summed E-state index contributed by atoms with van der Waals surface area (Å²) in [5.41, 5.74) is 2.45. The minimum atomic E-state index is -0.353. The number of carbonyl (C=O) groups excluding carboxylic acids is 1. The molecule has 0 aliphatic heterocycles. The number of carbonyl (C=O) groups is 1. The number of aromatic nitrogens is 3. The monoisotopic (exact) mass is 241 g/mol. The van der Waals surface area contributed by atoms with Gasteiger partial charge in [-0.15, -0.1) is 0 Å². The lowest BCUT2D eigenvalue weighted by Gasteiger charge is -2.02. The molecule has 0 aliphatic rings. The number of aryl methyl sites for hydroxylation is 1. The van der Waals surface area contributed by atoms with Gasteiger partial charge in [-0.3, -0.25) is 9.89 Å². The fourth-order valence-electron chi connectivity index (χ4n) is 1.37. The average molecular weight is 241 g/mol. The second-order valence-electron chi connectivity index (χ2n) is 3.82. The minimum Gasteiger partial charge on any atom is -0.304 e. The molecule has 2 aromatic heterocycles. The van der Waals surface area contributed by atoms with Gasteiger partial charge in [0.05, 0.1) is 5.56 Å². The molecule has 2 N–H and O–H groups in total. The number of hydrogen-bond acceptors (Lipinski definition) is 4. The summed E-state index contributed by atoms with van der Waals surface area (Å²) < 4.78 is 0. The highest BCUT2D eigenvalue weighted by molar-refractivity contribution is 6.02. The Hall–Kier alpha value is -2.68. The summed E-state index contributed by atoms with van der Waals surface area (Å²) in [6.07, 6.45) is 1.36. The zero-order chi connectivity index (χ0) is 13.1. The van der Waals surface area contributed by atoms with Crippen LogP contribution in [0.2, 0.25) is 0 Å². The van der Waals surface area contributed by atoms with Crippen molar-refractivity contribution >= 4 is 11.7 Å². The van der Waals surface area contributed by atoms with Crippen LogP contribution in [0.4, 0.5) is 5.82 Å². The second-order valence-corrected chi connectivity index (χ2v) is 3.82. The lowest BCUT2D eigenvalue weighted by molar-refractivity contribution is 0.102. The van der Waals surface area contributed by atoms with Gasteiger partial charge in [0.25, 0.3) is 5.91 Å². The zero-order valence-electron chi connectivity index (χ0n) is 9.98. The van der Waals surface area contributed by atoms with E-state index in [4.69, 9.17) is 5.26 Å². The van der Waals surface area contributed by atoms with Crippen molar-refractivity contribution < 1.29 is 4.79 Å². The molecule has 2 aromatic rings. The third kappa shape index (κ3) is 2.20. The first-order valence-corrected chi connectivity index (χ1v) is 5.31. The standard InChI is InChI=1S/C12H11N5O/c1-7-8(2)16-17-11(7)15-12(18)10-4-3-9(5-13)6-14-10/h3-4,6H,1-2H3,(H2,15,16,17,18). The van der Waals surface area contributed by atoms with Crippen molar-refractivity contribution in [2.24, 2.45) is 0 Å². The number of nitrogens with zero attached hydrogens (tertiary/aromatic N) is 3. The SMILES string of the molecule is Cc1[nH]nc(NC(=O)c2ccc(C#N)cn2)c1C. The molecule has 0 radical (unpaired) electrons. The summed E-state index contributed by atoms with van der Waals surface area (Å²) in [5, 5.41) is 18.1. The predicted octanol–water partition coefficient (Wildman–Crippen LogP) is 1.55. The number of rotatable bonds is 2. The first-order chi connectivity index (χ1) is 8.61. The van der Waals surface area contributed by atoms with Gasteiger partial charge >= 0.3 is 0 Å². The maximum atomic E-state index is 11.9. The van der Waals surface area contributed by atoms with Crippen LogP contribution in [0.1, 0.15) is 27.3 Å². The van der Waals surface area contributed by atoms with Gasteiger partial charge in [0.15, 0.2) is 5.82 Å². The number of nitrogens with one attached hydrogen (secondary N) is 2. The largest absolute Gasteiger partial charge is 0.304 e. The van der Waals surface area contributed by atoms with E-state index in [0.717, 1.165) is 11.3 Å². The van der Waals surface area contributed by atoms with E-state index >= 15 is 0 Å². The normalized spacial score (nSPS) is 9.83. The molecule has 1 amide bonds. The topological polar surface area (TPSA) is 94.5 Å². The van der Waals surface area contributed by atoms with Gasteiger partial charge in [-0.1, -0.05) is 0 Å². The smallest absolute Gasteiger partial charge is 0.275 e. The molecule has 0 aliphatic carbocycles. The van der Waals surface area contributed by atoms with Crippen LogP contribution in [0, 0.1) is 25.2 Å². The van der Waals surface area contributed by atoms with Gasteiger partial charge in [0.1, 0.15) is 11.8 Å². The molecule has 0 unspecified atom stereocenters. The molecule has 18 heavy (non-hydrogen) atoms. The summed E-state index contributed by atoms with van der Waals surface area (Å²) in [6.45, 7) is 3.73. The Morgan fingerprint density at radius 3 is 2.72 bits per heavy atom. The maximum Gasteiger partial charge on any atom is 0.275 e. The number of aromatic amines is 1. The Morgan fingerprint density at radius 1 is 1.44 bits per heavy atom. The third-order valence-electron chi connectivity index (χ3n) is 2.61. The Bertz CT molecular complexity index is 621. The first-order valence-electron chi connectivity index (χ1n) is 5.31. The molecule has 0 atom stereocenters. The summed E-state index contributed by atoms with van der Waals surface area (Å²) in [4.78, 5) is 15.8. The van der Waals surface area contributed by atoms with Gasteiger partial charge in [-0.2, -0.15) is 10.4 Å². The number of H-pyrrole nitrogens is 1. The summed E-state index contributed by atoms with van der Waals surface area (Å²) in [7, 11) is 0. The molecular weight excluding hydrogens is 230 g/mol. The van der Waals surface area contributed by atoms with E-state index in [1.165, 1.54) is 12.3 Å². The van der Waals surface area contributed by atoms with Crippen LogP contribution < -0.4 is 5.32 Å². The van der Waals surface area contributed by atoms with Crippen molar-refractivity contribution in [3.05, 3.63) is 40.8 Å². The fourth-order valence-corrected chi connectivity index (χ4v) is 1.37. The van der Waals surface area contributed by atoms with Crippen molar-refractivity contribution in [3.63, 3.8) is 0 Å². The first kappa shape index (κ1) is 11.8. The van der Waals surface area contributed by atoms with Crippen molar-refractivity contribution in [2.45, 2.75) is 13.8 Å². The van der Waals surface area contributed by atoms with E-state index in [2.05, 4.69) is 20.5 Å². The zero-order valence-corrected chi connectivity index (χ0v) is 9.98. The highest BCUT2D eigenvalue weighted by Gasteiger charge is 2.12. The Morgan fingerprint density at radius 2 is 2.22 bits per heavy atom. The molecule has 90 valence electrons. The van der Waals surface area contributed by atoms with Crippen LogP contribution in [0.3, 0.4) is 0 Å². The molecule has 6 heteroatoms. The molecule has 0 aromatic carbocycles. The van der Waals surface area contributed by atoms with Gasteiger partial charge in [-0.05, 0) is 26.0 Å².